The summed E-state index contributed by atoms with van der Waals surface area (Å²) >= 11 is 0. The Kier molecular flexibility index (Phi) is 3.14. The lowest BCUT2D eigenvalue weighted by Crippen LogP contribution is -2.35. The fourth-order valence-corrected chi connectivity index (χ4v) is 2.38. The van der Waals surface area contributed by atoms with E-state index in [9.17, 15) is 4.79 Å². The number of H-pyrrole nitrogens is 1. The van der Waals surface area contributed by atoms with Crippen LogP contribution in [0.4, 0.5) is 0 Å². The maximum Gasteiger partial charge on any atom is 0.439 e. The number of nitrogens with zero attached hydrogens (tertiary/aromatic N) is 1. The molecule has 0 radical (unpaired) electrons. The summed E-state index contributed by atoms with van der Waals surface area (Å²) in [6.07, 6.45) is 3.97. The maximum atomic E-state index is 11.0. The molecule has 0 atom stereocenters. The molecule has 1 heterocycles. The van der Waals surface area contributed by atoms with Gasteiger partial charge in [0.2, 0.25) is 0 Å². The zero-order valence-corrected chi connectivity index (χ0v) is 9.78. The molecule has 90 valence electrons. The van der Waals surface area contributed by atoms with Crippen LogP contribution in [-0.2, 0) is 10.3 Å². The minimum atomic E-state index is -0.507. The number of aromatic amines is 1. The second-order valence-corrected chi connectivity index (χ2v) is 4.55. The van der Waals surface area contributed by atoms with E-state index in [0.717, 1.165) is 25.7 Å². The van der Waals surface area contributed by atoms with Gasteiger partial charge in [-0.25, -0.2) is 4.79 Å². The second kappa shape index (κ2) is 4.41. The first-order valence-electron chi connectivity index (χ1n) is 5.87. The van der Waals surface area contributed by atoms with E-state index in [1.807, 2.05) is 6.92 Å². The van der Waals surface area contributed by atoms with Crippen LogP contribution in [0.3, 0.4) is 0 Å². The zero-order chi connectivity index (χ0) is 11.6. The molecule has 0 aliphatic heterocycles. The fourth-order valence-electron chi connectivity index (χ4n) is 2.38. The molecule has 2 rings (SSSR count). The summed E-state index contributed by atoms with van der Waals surface area (Å²) in [6.45, 7) is 4.81. The van der Waals surface area contributed by atoms with Gasteiger partial charge in [-0.2, -0.15) is 0 Å². The van der Waals surface area contributed by atoms with Gasteiger partial charge in [-0.15, -0.1) is 0 Å². The SMILES string of the molecule is CCOC1(c2noc(=O)[nH]2)CCC(C)CC1. The molecule has 0 amide bonds. The lowest BCUT2D eigenvalue weighted by Gasteiger charge is -2.36. The number of rotatable bonds is 3. The third kappa shape index (κ3) is 2.04. The van der Waals surface area contributed by atoms with Crippen LogP contribution in [0, 0.1) is 5.92 Å². The van der Waals surface area contributed by atoms with Crippen LogP contribution >= 0.6 is 0 Å². The third-order valence-electron chi connectivity index (χ3n) is 3.37. The first kappa shape index (κ1) is 11.4. The van der Waals surface area contributed by atoms with E-state index in [1.165, 1.54) is 0 Å². The normalized spacial score (nSPS) is 30.5. The highest BCUT2D eigenvalue weighted by molar-refractivity contribution is 5.01. The number of ether oxygens (including phenoxy) is 1. The lowest BCUT2D eigenvalue weighted by molar-refractivity contribution is -0.0847. The minimum absolute atomic E-state index is 0.437. The Morgan fingerprint density at radius 3 is 2.75 bits per heavy atom. The van der Waals surface area contributed by atoms with Gasteiger partial charge < -0.3 is 4.74 Å². The summed E-state index contributed by atoms with van der Waals surface area (Å²) in [5.74, 6) is 0.756. The van der Waals surface area contributed by atoms with Crippen molar-refractivity contribution in [3.8, 4) is 0 Å². The van der Waals surface area contributed by atoms with Gasteiger partial charge in [0.25, 0.3) is 0 Å². The number of aromatic nitrogens is 2. The van der Waals surface area contributed by atoms with Gasteiger partial charge in [0, 0.05) is 6.61 Å². The van der Waals surface area contributed by atoms with Gasteiger partial charge in [0.05, 0.1) is 0 Å². The molecule has 1 aromatic heterocycles. The smallest absolute Gasteiger partial charge is 0.367 e. The van der Waals surface area contributed by atoms with Crippen molar-refractivity contribution in [1.29, 1.82) is 0 Å². The van der Waals surface area contributed by atoms with E-state index in [0.29, 0.717) is 18.3 Å². The quantitative estimate of drug-likeness (QED) is 0.853. The van der Waals surface area contributed by atoms with Crippen molar-refractivity contribution in [3.05, 3.63) is 16.4 Å². The van der Waals surface area contributed by atoms with Crippen LogP contribution in [0.2, 0.25) is 0 Å². The summed E-state index contributed by atoms with van der Waals surface area (Å²) in [5.41, 5.74) is -0.437. The van der Waals surface area contributed by atoms with E-state index >= 15 is 0 Å². The average molecular weight is 226 g/mol. The molecule has 1 aromatic rings. The third-order valence-corrected chi connectivity index (χ3v) is 3.37. The molecule has 0 bridgehead atoms. The van der Waals surface area contributed by atoms with Crippen molar-refractivity contribution in [3.63, 3.8) is 0 Å². The van der Waals surface area contributed by atoms with Crippen LogP contribution in [-0.4, -0.2) is 16.7 Å². The number of hydrogen-bond acceptors (Lipinski definition) is 4. The van der Waals surface area contributed by atoms with Gasteiger partial charge in [-0.3, -0.25) is 9.51 Å². The largest absolute Gasteiger partial charge is 0.439 e. The molecule has 1 saturated carbocycles. The Labute approximate surface area is 94.2 Å². The van der Waals surface area contributed by atoms with E-state index in [4.69, 9.17) is 4.74 Å². The van der Waals surface area contributed by atoms with Crippen LogP contribution in [0.1, 0.15) is 45.4 Å². The van der Waals surface area contributed by atoms with E-state index in [-0.39, 0.29) is 0 Å². The Morgan fingerprint density at radius 1 is 1.56 bits per heavy atom. The van der Waals surface area contributed by atoms with Crippen LogP contribution in [0.15, 0.2) is 9.32 Å². The number of nitrogens with one attached hydrogen (secondary N) is 1. The van der Waals surface area contributed by atoms with Crippen molar-refractivity contribution < 1.29 is 9.26 Å². The predicted octanol–water partition coefficient (Wildman–Crippen LogP) is 1.80. The molecule has 5 heteroatoms. The van der Waals surface area contributed by atoms with Crippen molar-refractivity contribution in [1.82, 2.24) is 10.1 Å². The molecule has 1 fully saturated rings. The zero-order valence-electron chi connectivity index (χ0n) is 9.78. The molecular weight excluding hydrogens is 208 g/mol. The summed E-state index contributed by atoms with van der Waals surface area (Å²) < 4.78 is 10.4. The fraction of sp³-hybridized carbons (Fsp3) is 0.818. The molecule has 1 aliphatic carbocycles. The highest BCUT2D eigenvalue weighted by Gasteiger charge is 2.40. The van der Waals surface area contributed by atoms with Crippen molar-refractivity contribution in [2.45, 2.75) is 45.1 Å². The van der Waals surface area contributed by atoms with Gasteiger partial charge in [0.15, 0.2) is 5.82 Å². The first-order valence-corrected chi connectivity index (χ1v) is 5.87. The predicted molar refractivity (Wildman–Crippen MR) is 58.1 cm³/mol. The molecule has 5 nitrogen and oxygen atoms in total. The van der Waals surface area contributed by atoms with Crippen molar-refractivity contribution >= 4 is 0 Å². The second-order valence-electron chi connectivity index (χ2n) is 4.55. The molecule has 0 aromatic carbocycles. The van der Waals surface area contributed by atoms with Gasteiger partial charge in [-0.05, 0) is 38.5 Å². The van der Waals surface area contributed by atoms with Crippen LogP contribution < -0.4 is 5.76 Å². The Hall–Kier alpha value is -1.10. The van der Waals surface area contributed by atoms with E-state index in [1.54, 1.807) is 0 Å². The van der Waals surface area contributed by atoms with Gasteiger partial charge in [-0.1, -0.05) is 12.1 Å². The van der Waals surface area contributed by atoms with E-state index < -0.39 is 11.4 Å². The molecule has 0 spiro atoms. The Bertz CT molecular complexity index is 388. The van der Waals surface area contributed by atoms with Crippen LogP contribution in [0.25, 0.3) is 0 Å². The first-order chi connectivity index (χ1) is 7.66. The molecule has 0 saturated heterocycles. The molecule has 1 aliphatic rings. The Balaban J connectivity index is 2.25. The monoisotopic (exact) mass is 226 g/mol. The summed E-state index contributed by atoms with van der Waals surface area (Å²) in [7, 11) is 0. The van der Waals surface area contributed by atoms with Gasteiger partial charge in [0.1, 0.15) is 5.60 Å². The van der Waals surface area contributed by atoms with Gasteiger partial charge >= 0.3 is 5.76 Å². The summed E-state index contributed by atoms with van der Waals surface area (Å²) in [6, 6.07) is 0. The molecule has 16 heavy (non-hydrogen) atoms. The van der Waals surface area contributed by atoms with E-state index in [2.05, 4.69) is 21.6 Å². The highest BCUT2D eigenvalue weighted by Crippen LogP contribution is 2.40. The highest BCUT2D eigenvalue weighted by atomic mass is 16.5. The molecule has 1 N–H and O–H groups in total. The van der Waals surface area contributed by atoms with Crippen molar-refractivity contribution in [2.75, 3.05) is 6.61 Å². The summed E-state index contributed by atoms with van der Waals surface area (Å²) in [5, 5.41) is 3.79. The maximum absolute atomic E-state index is 11.0. The standard InChI is InChI=1S/C11H18N2O3/c1-3-15-11(6-4-8(2)5-7-11)9-12-10(14)16-13-9/h8H,3-7H2,1-2H3,(H,12,13,14). The van der Waals surface area contributed by atoms with Crippen LogP contribution in [0.5, 0.6) is 0 Å². The lowest BCUT2D eigenvalue weighted by atomic mass is 9.79. The number of hydrogen-bond donors (Lipinski definition) is 1. The Morgan fingerprint density at radius 2 is 2.25 bits per heavy atom. The molecular formula is C11H18N2O3. The minimum Gasteiger partial charge on any atom is -0.367 e. The molecule has 0 unspecified atom stereocenters. The van der Waals surface area contributed by atoms with Crippen molar-refractivity contribution in [2.24, 2.45) is 5.92 Å². The average Bonchev–Trinajstić information content (AvgIpc) is 2.70. The summed E-state index contributed by atoms with van der Waals surface area (Å²) in [4.78, 5) is 13.6. The topological polar surface area (TPSA) is 68.1 Å².